The zero-order chi connectivity index (χ0) is 34.5. The highest BCUT2D eigenvalue weighted by Gasteiger charge is 2.23. The van der Waals surface area contributed by atoms with Crippen molar-refractivity contribution in [3.05, 3.63) is 76.1 Å². The second-order valence-electron chi connectivity index (χ2n) is 10.7. The minimum atomic E-state index is -1.16. The monoisotopic (exact) mass is 690 g/mol. The molecule has 0 amide bonds. The average Bonchev–Trinajstić information content (AvgIpc) is 3.68. The Kier molecular flexibility index (Phi) is 13.6. The molecule has 4 rings (SSSR count). The summed E-state index contributed by atoms with van der Waals surface area (Å²) >= 11 is 2.63. The van der Waals surface area contributed by atoms with Crippen molar-refractivity contribution in [1.82, 2.24) is 15.3 Å². The van der Waals surface area contributed by atoms with E-state index in [2.05, 4.69) is 32.1 Å². The van der Waals surface area contributed by atoms with E-state index >= 15 is 0 Å². The number of para-hydroxylation sites is 1. The molecule has 0 saturated heterocycles. The van der Waals surface area contributed by atoms with E-state index in [1.54, 1.807) is 31.0 Å². The third-order valence-corrected chi connectivity index (χ3v) is 9.06. The number of thiazole rings is 2. The minimum absolute atomic E-state index is 0.0805. The smallest absolute Gasteiger partial charge is 0.355 e. The molecular weight excluding hydrogens is 652 g/mol. The zero-order valence-corrected chi connectivity index (χ0v) is 28.5. The van der Waals surface area contributed by atoms with Crippen molar-refractivity contribution in [3.8, 4) is 17.6 Å². The fourth-order valence-corrected chi connectivity index (χ4v) is 6.49. The number of aromatic carboxylic acids is 1. The minimum Gasteiger partial charge on any atom is -0.491 e. The van der Waals surface area contributed by atoms with Gasteiger partial charge in [-0.15, -0.1) is 11.3 Å². The van der Waals surface area contributed by atoms with Crippen molar-refractivity contribution >= 4 is 60.8 Å². The van der Waals surface area contributed by atoms with Crippen LogP contribution in [0.5, 0.6) is 5.75 Å². The van der Waals surface area contributed by atoms with Gasteiger partial charge in [0, 0.05) is 17.0 Å². The first-order chi connectivity index (χ1) is 23.2. The molecule has 11 nitrogen and oxygen atoms in total. The van der Waals surface area contributed by atoms with Gasteiger partial charge in [0.05, 0.1) is 23.4 Å². The normalized spacial score (nSPS) is 11.8. The van der Waals surface area contributed by atoms with E-state index < -0.39 is 11.8 Å². The Morgan fingerprint density at radius 2 is 2.00 bits per heavy atom. The molecule has 2 aromatic carbocycles. The van der Waals surface area contributed by atoms with Crippen LogP contribution in [0.3, 0.4) is 0 Å². The van der Waals surface area contributed by atoms with Gasteiger partial charge < -0.3 is 31.5 Å². The van der Waals surface area contributed by atoms with Crippen molar-refractivity contribution in [3.63, 3.8) is 0 Å². The number of nitrogens with two attached hydrogens (primary N) is 2. The van der Waals surface area contributed by atoms with Gasteiger partial charge in [0.1, 0.15) is 11.7 Å². The molecule has 252 valence electrons. The van der Waals surface area contributed by atoms with E-state index in [1.165, 1.54) is 34.8 Å². The number of anilines is 1. The molecule has 7 N–H and O–H groups in total. The number of fused-ring (bicyclic) bond motifs is 1. The van der Waals surface area contributed by atoms with Gasteiger partial charge in [-0.05, 0) is 88.2 Å². The maximum absolute atomic E-state index is 14.5. The fraction of sp³-hybridized carbons (Fsp3) is 0.324. The highest BCUT2D eigenvalue weighted by Crippen LogP contribution is 2.30. The lowest BCUT2D eigenvalue weighted by Crippen LogP contribution is -2.31. The molecule has 0 aliphatic heterocycles. The Balaban J connectivity index is 1.47. The van der Waals surface area contributed by atoms with Crippen molar-refractivity contribution < 1.29 is 19.0 Å². The Hall–Kier alpha value is -4.68. The molecule has 0 fully saturated rings. The predicted octanol–water partition coefficient (Wildman–Crippen LogP) is 5.72. The lowest BCUT2D eigenvalue weighted by molar-refractivity contribution is 0.0690. The lowest BCUT2D eigenvalue weighted by Gasteiger charge is -2.21. The molecular formula is C34H39FN8O3S2. The number of carboxylic acid groups (broad SMARTS) is 1. The van der Waals surface area contributed by atoms with Gasteiger partial charge in [0.25, 0.3) is 0 Å². The number of amidine groups is 2. The van der Waals surface area contributed by atoms with Crippen LogP contribution in [0.4, 0.5) is 14.7 Å². The number of carbonyl (C=O) groups is 1. The third kappa shape index (κ3) is 10.2. The molecule has 0 aliphatic carbocycles. The number of rotatable bonds is 16. The van der Waals surface area contributed by atoms with Crippen molar-refractivity contribution in [2.45, 2.75) is 39.0 Å². The van der Waals surface area contributed by atoms with Gasteiger partial charge >= 0.3 is 5.97 Å². The van der Waals surface area contributed by atoms with Gasteiger partial charge in [-0.25, -0.2) is 24.1 Å². The van der Waals surface area contributed by atoms with E-state index in [4.69, 9.17) is 21.6 Å². The van der Waals surface area contributed by atoms with Crippen LogP contribution in [-0.2, 0) is 6.42 Å². The van der Waals surface area contributed by atoms with Crippen molar-refractivity contribution in [2.24, 2.45) is 16.5 Å². The Morgan fingerprint density at radius 3 is 2.73 bits per heavy atom. The number of hydrogen-bond acceptors (Lipinski definition) is 10. The van der Waals surface area contributed by atoms with Crippen LogP contribution in [-0.4, -0.2) is 66.0 Å². The number of aryl methyl sites for hydroxylation is 1. The van der Waals surface area contributed by atoms with E-state index in [1.807, 2.05) is 24.3 Å². The number of nitrogens with zero attached hydrogens (tertiary/aromatic N) is 4. The van der Waals surface area contributed by atoms with Crippen LogP contribution in [0.25, 0.3) is 10.2 Å². The number of carboxylic acids is 1. The van der Waals surface area contributed by atoms with Crippen LogP contribution in [0.15, 0.2) is 59.1 Å². The molecule has 0 aliphatic rings. The summed E-state index contributed by atoms with van der Waals surface area (Å²) < 4.78 is 21.2. The van der Waals surface area contributed by atoms with Gasteiger partial charge in [-0.3, -0.25) is 5.41 Å². The topological polar surface area (TPSA) is 176 Å². The zero-order valence-electron chi connectivity index (χ0n) is 26.9. The summed E-state index contributed by atoms with van der Waals surface area (Å²) in [5.74, 6) is 4.50. The van der Waals surface area contributed by atoms with Gasteiger partial charge in [0.2, 0.25) is 5.13 Å². The average molecular weight is 691 g/mol. The van der Waals surface area contributed by atoms with Crippen LogP contribution in [0.1, 0.15) is 53.5 Å². The number of aromatic nitrogens is 2. The van der Waals surface area contributed by atoms with Gasteiger partial charge in [-0.1, -0.05) is 41.7 Å². The number of ether oxygens (including phenoxy) is 1. The molecule has 0 radical (unpaired) electrons. The van der Waals surface area contributed by atoms with E-state index in [-0.39, 0.29) is 29.7 Å². The van der Waals surface area contributed by atoms with E-state index in [0.29, 0.717) is 58.8 Å². The van der Waals surface area contributed by atoms with Crippen molar-refractivity contribution in [1.29, 1.82) is 5.41 Å². The van der Waals surface area contributed by atoms with E-state index in [0.717, 1.165) is 29.5 Å². The number of aliphatic imine (C=N–C) groups is 1. The number of unbranched alkanes of at least 4 members (excludes halogenated alkanes) is 2. The Bertz CT molecular complexity index is 1820. The summed E-state index contributed by atoms with van der Waals surface area (Å²) in [6, 6.07) is 12.3. The van der Waals surface area contributed by atoms with Crippen LogP contribution >= 0.6 is 22.7 Å². The molecule has 0 unspecified atom stereocenters. The molecule has 0 saturated carbocycles. The number of benzene rings is 2. The Morgan fingerprint density at radius 1 is 1.19 bits per heavy atom. The van der Waals surface area contributed by atoms with Crippen molar-refractivity contribution in [2.75, 3.05) is 38.2 Å². The molecule has 2 aromatic heterocycles. The van der Waals surface area contributed by atoms with Crippen LogP contribution in [0, 0.1) is 23.1 Å². The summed E-state index contributed by atoms with van der Waals surface area (Å²) in [4.78, 5) is 27.8. The summed E-state index contributed by atoms with van der Waals surface area (Å²) in [6.07, 6.45) is 4.76. The molecule has 0 bridgehead atoms. The van der Waals surface area contributed by atoms with E-state index in [9.17, 15) is 14.3 Å². The second-order valence-corrected chi connectivity index (χ2v) is 12.7. The first kappa shape index (κ1) is 36.2. The summed E-state index contributed by atoms with van der Waals surface area (Å²) in [5.41, 5.74) is 13.8. The quantitative estimate of drug-likeness (QED) is 0.0426. The predicted molar refractivity (Wildman–Crippen MR) is 193 cm³/mol. The summed E-state index contributed by atoms with van der Waals surface area (Å²) in [5, 5.41) is 22.7. The largest absolute Gasteiger partial charge is 0.491 e. The molecule has 0 spiro atoms. The molecule has 2 heterocycles. The fourth-order valence-electron chi connectivity index (χ4n) is 4.50. The van der Waals surface area contributed by atoms with Crippen LogP contribution in [0.2, 0.25) is 0 Å². The summed E-state index contributed by atoms with van der Waals surface area (Å²) in [6.45, 7) is 3.41. The SMILES string of the molecule is CNCC#Cc1ccc(OCCCc2sc(N(CCCCCN)C(=N)/C=C(/C)C(N)=Nc3nc4ccccc4s3)nc2C(=O)O)c(F)c1. The maximum Gasteiger partial charge on any atom is 0.355 e. The summed E-state index contributed by atoms with van der Waals surface area (Å²) in [7, 11) is 1.78. The lowest BCUT2D eigenvalue weighted by atomic mass is 10.2. The molecule has 48 heavy (non-hydrogen) atoms. The van der Waals surface area contributed by atoms with Gasteiger partial charge in [0.15, 0.2) is 22.4 Å². The number of nitrogens with one attached hydrogen (secondary N) is 2. The number of hydrogen-bond donors (Lipinski definition) is 5. The third-order valence-electron chi connectivity index (χ3n) is 6.99. The molecule has 0 atom stereocenters. The molecule has 4 aromatic rings. The second kappa shape index (κ2) is 18.0. The standard InChI is InChI=1S/C34H39FN8O3S2/c1-22(31(38)42-33-40-25-11-4-5-12-27(25)47-33)20-29(37)43(18-7-3-6-16-36)34-41-30(32(44)45)28(48-34)13-9-19-46-26-15-14-23(21-24(26)35)10-8-17-39-2/h4-5,11-12,14-15,20-21,37,39H,3,6-7,9,13,16-19,36H2,1-2H3,(H,44,45)(H2,38,40,42)/b22-20-,37-29?. The van der Waals surface area contributed by atoms with Crippen LogP contribution < -0.4 is 26.4 Å². The molecule has 14 heteroatoms. The highest BCUT2D eigenvalue weighted by molar-refractivity contribution is 7.22. The Labute approximate surface area is 287 Å². The number of halogens is 1. The first-order valence-electron chi connectivity index (χ1n) is 15.4. The van der Waals surface area contributed by atoms with Gasteiger partial charge in [-0.2, -0.15) is 0 Å². The maximum atomic E-state index is 14.5. The highest BCUT2D eigenvalue weighted by atomic mass is 32.1. The first-order valence-corrected chi connectivity index (χ1v) is 17.1.